The minimum absolute atomic E-state index is 0.442. The van der Waals surface area contributed by atoms with E-state index in [-0.39, 0.29) is 0 Å². The highest BCUT2D eigenvalue weighted by Gasteiger charge is 2.10. The second kappa shape index (κ2) is 6.38. The number of rotatable bonds is 4. The van der Waals surface area contributed by atoms with E-state index in [1.54, 1.807) is 6.07 Å². The first kappa shape index (κ1) is 14.3. The first-order valence-electron chi connectivity index (χ1n) is 6.10. The summed E-state index contributed by atoms with van der Waals surface area (Å²) >= 11 is 12.1. The molecule has 0 saturated carbocycles. The fourth-order valence-electron chi connectivity index (χ4n) is 2.04. The molecule has 0 N–H and O–H groups in total. The molecule has 2 rings (SSSR count). The van der Waals surface area contributed by atoms with Gasteiger partial charge in [-0.05, 0) is 25.6 Å². The molecule has 0 aliphatic rings. The second-order valence-electron chi connectivity index (χ2n) is 4.65. The Labute approximate surface area is 124 Å². The van der Waals surface area contributed by atoms with Crippen molar-refractivity contribution in [2.45, 2.75) is 20.0 Å². The van der Waals surface area contributed by atoms with Gasteiger partial charge in [0.05, 0.1) is 0 Å². The molecular formula is C15H16Cl2N2. The highest BCUT2D eigenvalue weighted by Crippen LogP contribution is 2.23. The van der Waals surface area contributed by atoms with Gasteiger partial charge in [0, 0.05) is 29.4 Å². The molecule has 0 saturated heterocycles. The van der Waals surface area contributed by atoms with Gasteiger partial charge in [0.1, 0.15) is 5.15 Å². The highest BCUT2D eigenvalue weighted by molar-refractivity contribution is 6.34. The topological polar surface area (TPSA) is 16.1 Å². The lowest BCUT2D eigenvalue weighted by atomic mass is 10.1. The number of aryl methyl sites for hydroxylation is 1. The summed E-state index contributed by atoms with van der Waals surface area (Å²) in [4.78, 5) is 6.46. The molecule has 2 nitrogen and oxygen atoms in total. The molecular weight excluding hydrogens is 279 g/mol. The quantitative estimate of drug-likeness (QED) is 0.780. The molecule has 0 unspecified atom stereocenters. The summed E-state index contributed by atoms with van der Waals surface area (Å²) < 4.78 is 0. The van der Waals surface area contributed by atoms with Gasteiger partial charge in [-0.3, -0.25) is 4.90 Å². The van der Waals surface area contributed by atoms with E-state index >= 15 is 0 Å². The van der Waals surface area contributed by atoms with E-state index in [0.29, 0.717) is 10.2 Å². The summed E-state index contributed by atoms with van der Waals surface area (Å²) in [5.41, 5.74) is 3.20. The average molecular weight is 295 g/mol. The molecule has 2 aromatic rings. The normalized spacial score (nSPS) is 11.0. The van der Waals surface area contributed by atoms with Crippen molar-refractivity contribution in [3.05, 3.63) is 63.4 Å². The first-order chi connectivity index (χ1) is 9.06. The predicted octanol–water partition coefficient (Wildman–Crippen LogP) is 4.33. The summed E-state index contributed by atoms with van der Waals surface area (Å²) in [6.45, 7) is 3.56. The number of hydrogen-bond acceptors (Lipinski definition) is 2. The summed E-state index contributed by atoms with van der Waals surface area (Å²) in [6.07, 6.45) is 0. The van der Waals surface area contributed by atoms with Crippen molar-refractivity contribution in [3.63, 3.8) is 0 Å². The highest BCUT2D eigenvalue weighted by atomic mass is 35.5. The Balaban J connectivity index is 2.09. The molecule has 0 aliphatic carbocycles. The van der Waals surface area contributed by atoms with Crippen LogP contribution in [-0.4, -0.2) is 16.9 Å². The number of hydrogen-bond donors (Lipinski definition) is 0. The van der Waals surface area contributed by atoms with Gasteiger partial charge in [-0.2, -0.15) is 0 Å². The van der Waals surface area contributed by atoms with E-state index in [4.69, 9.17) is 23.2 Å². The van der Waals surface area contributed by atoms with Crippen molar-refractivity contribution < 1.29 is 0 Å². The lowest BCUT2D eigenvalue weighted by Crippen LogP contribution is -2.18. The molecule has 0 bridgehead atoms. The van der Waals surface area contributed by atoms with Crippen molar-refractivity contribution in [3.8, 4) is 0 Å². The second-order valence-corrected chi connectivity index (χ2v) is 5.44. The van der Waals surface area contributed by atoms with Crippen LogP contribution in [0, 0.1) is 6.92 Å². The van der Waals surface area contributed by atoms with E-state index in [2.05, 4.69) is 29.1 Å². The number of halogens is 2. The molecule has 100 valence electrons. The average Bonchev–Trinajstić information content (AvgIpc) is 2.35. The SMILES string of the molecule is Cc1nc(Cl)cc(Cl)c1CN(C)Cc1ccccc1. The molecule has 0 spiro atoms. The largest absolute Gasteiger partial charge is 0.298 e. The van der Waals surface area contributed by atoms with Gasteiger partial charge in [-0.1, -0.05) is 53.5 Å². The van der Waals surface area contributed by atoms with Crippen LogP contribution in [0.15, 0.2) is 36.4 Å². The van der Waals surface area contributed by atoms with Crippen LogP contribution in [0.3, 0.4) is 0 Å². The Morgan fingerprint density at radius 2 is 1.79 bits per heavy atom. The molecule has 1 heterocycles. The van der Waals surface area contributed by atoms with Gasteiger partial charge in [-0.15, -0.1) is 0 Å². The Morgan fingerprint density at radius 3 is 2.42 bits per heavy atom. The minimum Gasteiger partial charge on any atom is -0.298 e. The van der Waals surface area contributed by atoms with Crippen LogP contribution in [0.5, 0.6) is 0 Å². The van der Waals surface area contributed by atoms with Crippen molar-refractivity contribution in [2.75, 3.05) is 7.05 Å². The summed E-state index contributed by atoms with van der Waals surface area (Å²) in [7, 11) is 2.07. The fourth-order valence-corrected chi connectivity index (χ4v) is 2.63. The molecule has 0 fully saturated rings. The van der Waals surface area contributed by atoms with E-state index in [9.17, 15) is 0 Å². The van der Waals surface area contributed by atoms with Crippen molar-refractivity contribution in [2.24, 2.45) is 0 Å². The molecule has 0 radical (unpaired) electrons. The monoisotopic (exact) mass is 294 g/mol. The van der Waals surface area contributed by atoms with Crippen LogP contribution in [0.2, 0.25) is 10.2 Å². The molecule has 0 atom stereocenters. The van der Waals surface area contributed by atoms with Gasteiger partial charge >= 0.3 is 0 Å². The number of benzene rings is 1. The number of aromatic nitrogens is 1. The molecule has 1 aromatic heterocycles. The van der Waals surface area contributed by atoms with E-state index in [1.807, 2.05) is 25.1 Å². The summed E-state index contributed by atoms with van der Waals surface area (Å²) in [5.74, 6) is 0. The molecule has 0 aliphatic heterocycles. The summed E-state index contributed by atoms with van der Waals surface area (Å²) in [6, 6.07) is 12.0. The zero-order valence-corrected chi connectivity index (χ0v) is 12.5. The van der Waals surface area contributed by atoms with Gasteiger partial charge in [0.15, 0.2) is 0 Å². The lowest BCUT2D eigenvalue weighted by molar-refractivity contribution is 0.318. The standard InChI is InChI=1S/C15H16Cl2N2/c1-11-13(14(16)8-15(17)18-11)10-19(2)9-12-6-4-3-5-7-12/h3-8H,9-10H2,1-2H3. The Hall–Kier alpha value is -1.09. The van der Waals surface area contributed by atoms with Crippen LogP contribution < -0.4 is 0 Å². The number of nitrogens with zero attached hydrogens (tertiary/aromatic N) is 2. The Morgan fingerprint density at radius 1 is 1.11 bits per heavy atom. The van der Waals surface area contributed by atoms with Gasteiger partial charge < -0.3 is 0 Å². The first-order valence-corrected chi connectivity index (χ1v) is 6.86. The van der Waals surface area contributed by atoms with Crippen molar-refractivity contribution in [1.82, 2.24) is 9.88 Å². The van der Waals surface area contributed by atoms with Crippen LogP contribution in [0.25, 0.3) is 0 Å². The van der Waals surface area contributed by atoms with Crippen molar-refractivity contribution >= 4 is 23.2 Å². The van der Waals surface area contributed by atoms with Crippen molar-refractivity contribution in [1.29, 1.82) is 0 Å². The smallest absolute Gasteiger partial charge is 0.130 e. The third-order valence-electron chi connectivity index (χ3n) is 2.97. The predicted molar refractivity (Wildman–Crippen MR) is 80.6 cm³/mol. The zero-order valence-electron chi connectivity index (χ0n) is 11.0. The lowest BCUT2D eigenvalue weighted by Gasteiger charge is -2.18. The van der Waals surface area contributed by atoms with Gasteiger partial charge in [-0.25, -0.2) is 4.98 Å². The minimum atomic E-state index is 0.442. The Kier molecular flexibility index (Phi) is 4.81. The maximum absolute atomic E-state index is 6.23. The van der Waals surface area contributed by atoms with Crippen LogP contribution >= 0.6 is 23.2 Å². The van der Waals surface area contributed by atoms with E-state index < -0.39 is 0 Å². The molecule has 4 heteroatoms. The number of pyridine rings is 1. The third-order valence-corrected chi connectivity index (χ3v) is 3.50. The van der Waals surface area contributed by atoms with E-state index in [0.717, 1.165) is 24.3 Å². The molecule has 19 heavy (non-hydrogen) atoms. The fraction of sp³-hybridized carbons (Fsp3) is 0.267. The summed E-state index contributed by atoms with van der Waals surface area (Å²) in [5, 5.41) is 1.12. The Bertz CT molecular complexity index is 532. The molecule has 0 amide bonds. The van der Waals surface area contributed by atoms with Crippen LogP contribution in [0.4, 0.5) is 0 Å². The van der Waals surface area contributed by atoms with Crippen LogP contribution in [0.1, 0.15) is 16.8 Å². The van der Waals surface area contributed by atoms with E-state index in [1.165, 1.54) is 5.56 Å². The maximum Gasteiger partial charge on any atom is 0.130 e. The third kappa shape index (κ3) is 3.93. The maximum atomic E-state index is 6.23. The zero-order chi connectivity index (χ0) is 13.8. The van der Waals surface area contributed by atoms with Gasteiger partial charge in [0.2, 0.25) is 0 Å². The van der Waals surface area contributed by atoms with Gasteiger partial charge in [0.25, 0.3) is 0 Å². The molecule has 1 aromatic carbocycles. The van der Waals surface area contributed by atoms with Crippen LogP contribution in [-0.2, 0) is 13.1 Å².